The molecule has 10 heteroatoms. The molecule has 0 rings (SSSR count). The summed E-state index contributed by atoms with van der Waals surface area (Å²) in [5.41, 5.74) is 11.5. The van der Waals surface area contributed by atoms with E-state index in [-0.39, 0.29) is 17.8 Å². The Kier molecular flexibility index (Phi) is 15.4. The number of aliphatic carboxylic acids is 1. The van der Waals surface area contributed by atoms with E-state index in [1.807, 2.05) is 34.6 Å². The molecule has 0 aliphatic heterocycles. The van der Waals surface area contributed by atoms with Crippen LogP contribution >= 0.6 is 0 Å². The quantitative estimate of drug-likeness (QED) is 0.167. The third-order valence-corrected chi connectivity index (χ3v) is 6.22. The first-order valence-corrected chi connectivity index (χ1v) is 12.5. The average Bonchev–Trinajstić information content (AvgIpc) is 2.78. The fourth-order valence-electron chi connectivity index (χ4n) is 3.50. The van der Waals surface area contributed by atoms with E-state index in [0.717, 1.165) is 6.42 Å². The molecule has 0 saturated carbocycles. The molecule has 0 aromatic rings. The Morgan fingerprint density at radius 1 is 0.794 bits per heavy atom. The maximum Gasteiger partial charge on any atom is 0.326 e. The molecule has 0 fully saturated rings. The van der Waals surface area contributed by atoms with Crippen molar-refractivity contribution in [3.05, 3.63) is 0 Å². The average molecular weight is 486 g/mol. The number of carbonyl (C=O) groups excluding carboxylic acids is 3. The number of carboxylic acid groups (broad SMARTS) is 1. The fourth-order valence-corrected chi connectivity index (χ4v) is 3.50. The Morgan fingerprint density at radius 2 is 1.32 bits per heavy atom. The van der Waals surface area contributed by atoms with Crippen LogP contribution in [0.4, 0.5) is 0 Å². The number of hydrogen-bond donors (Lipinski definition) is 6. The minimum atomic E-state index is -1.12. The van der Waals surface area contributed by atoms with Crippen molar-refractivity contribution in [2.24, 2.45) is 29.2 Å². The van der Waals surface area contributed by atoms with E-state index in [1.54, 1.807) is 6.92 Å². The monoisotopic (exact) mass is 485 g/mol. The van der Waals surface area contributed by atoms with Crippen LogP contribution in [0.2, 0.25) is 0 Å². The van der Waals surface area contributed by atoms with Crippen LogP contribution in [-0.4, -0.2) is 59.5 Å². The van der Waals surface area contributed by atoms with E-state index in [4.69, 9.17) is 11.5 Å². The molecule has 0 bridgehead atoms. The van der Waals surface area contributed by atoms with E-state index in [1.165, 1.54) is 0 Å². The van der Waals surface area contributed by atoms with Crippen LogP contribution < -0.4 is 27.4 Å². The highest BCUT2D eigenvalue weighted by atomic mass is 16.4. The molecule has 198 valence electrons. The van der Waals surface area contributed by atoms with E-state index in [0.29, 0.717) is 38.6 Å². The summed E-state index contributed by atoms with van der Waals surface area (Å²) in [4.78, 5) is 50.4. The second kappa shape index (κ2) is 16.4. The van der Waals surface area contributed by atoms with Gasteiger partial charge in [-0.2, -0.15) is 0 Å². The number of hydrogen-bond acceptors (Lipinski definition) is 6. The van der Waals surface area contributed by atoms with Gasteiger partial charge in [0.05, 0.1) is 6.04 Å². The van der Waals surface area contributed by atoms with Crippen LogP contribution in [0.15, 0.2) is 0 Å². The van der Waals surface area contributed by atoms with Crippen molar-refractivity contribution in [1.29, 1.82) is 0 Å². The normalized spacial score (nSPS) is 16.6. The van der Waals surface area contributed by atoms with E-state index in [2.05, 4.69) is 16.0 Å². The molecule has 34 heavy (non-hydrogen) atoms. The number of carbonyl (C=O) groups is 4. The number of amides is 3. The van der Waals surface area contributed by atoms with Crippen LogP contribution in [0.3, 0.4) is 0 Å². The lowest BCUT2D eigenvalue weighted by Crippen LogP contribution is -2.59. The lowest BCUT2D eigenvalue weighted by molar-refractivity contribution is -0.144. The van der Waals surface area contributed by atoms with E-state index in [9.17, 15) is 24.3 Å². The minimum Gasteiger partial charge on any atom is -0.480 e. The molecule has 0 aliphatic carbocycles. The maximum atomic E-state index is 13.2. The number of unbranched alkanes of at least 4 members (excludes halogenated alkanes) is 1. The second-order valence-corrected chi connectivity index (χ2v) is 9.66. The molecule has 0 aromatic carbocycles. The zero-order valence-electron chi connectivity index (χ0n) is 21.7. The predicted molar refractivity (Wildman–Crippen MR) is 133 cm³/mol. The lowest BCUT2D eigenvalue weighted by Gasteiger charge is -2.29. The van der Waals surface area contributed by atoms with Gasteiger partial charge in [0.2, 0.25) is 17.7 Å². The molecule has 8 N–H and O–H groups in total. The topological polar surface area (TPSA) is 177 Å². The summed E-state index contributed by atoms with van der Waals surface area (Å²) in [7, 11) is 0. The van der Waals surface area contributed by atoms with Crippen LogP contribution in [0.5, 0.6) is 0 Å². The number of nitrogens with one attached hydrogen (secondary N) is 3. The Labute approximate surface area is 204 Å². The van der Waals surface area contributed by atoms with Gasteiger partial charge in [-0.25, -0.2) is 4.79 Å². The van der Waals surface area contributed by atoms with Gasteiger partial charge in [-0.1, -0.05) is 60.8 Å². The summed E-state index contributed by atoms with van der Waals surface area (Å²) in [5, 5.41) is 17.6. The third kappa shape index (κ3) is 11.3. The first-order valence-electron chi connectivity index (χ1n) is 12.5. The van der Waals surface area contributed by atoms with Gasteiger partial charge >= 0.3 is 5.97 Å². The van der Waals surface area contributed by atoms with Crippen molar-refractivity contribution >= 4 is 23.7 Å². The number of carboxylic acids is 1. The molecule has 0 aliphatic rings. The summed E-state index contributed by atoms with van der Waals surface area (Å²) in [6.45, 7) is 11.7. The van der Waals surface area contributed by atoms with Gasteiger partial charge in [0.25, 0.3) is 0 Å². The summed E-state index contributed by atoms with van der Waals surface area (Å²) < 4.78 is 0. The SMILES string of the molecule is CCC(C)C(NC(=O)C(NC(=O)C(CC(C)C)NC(=O)C(N)CCCCN)C(C)CC)C(=O)O. The maximum absolute atomic E-state index is 13.2. The minimum absolute atomic E-state index is 0.0992. The van der Waals surface area contributed by atoms with Crippen molar-refractivity contribution in [3.8, 4) is 0 Å². The molecule has 6 atom stereocenters. The summed E-state index contributed by atoms with van der Waals surface area (Å²) in [6, 6.07) is -3.61. The van der Waals surface area contributed by atoms with Crippen molar-refractivity contribution < 1.29 is 24.3 Å². The van der Waals surface area contributed by atoms with Crippen LogP contribution in [0, 0.1) is 17.8 Å². The van der Waals surface area contributed by atoms with Gasteiger partial charge in [-0.3, -0.25) is 14.4 Å². The molecule has 0 radical (unpaired) electrons. The largest absolute Gasteiger partial charge is 0.480 e. The number of nitrogens with two attached hydrogens (primary N) is 2. The zero-order chi connectivity index (χ0) is 26.4. The lowest BCUT2D eigenvalue weighted by atomic mass is 9.94. The molecule has 0 spiro atoms. The van der Waals surface area contributed by atoms with E-state index < -0.39 is 47.9 Å². The van der Waals surface area contributed by atoms with Gasteiger partial charge in [0, 0.05) is 0 Å². The summed E-state index contributed by atoms with van der Waals surface area (Å²) in [5.74, 6) is -3.01. The molecule has 0 saturated heterocycles. The van der Waals surface area contributed by atoms with Gasteiger partial charge < -0.3 is 32.5 Å². The van der Waals surface area contributed by atoms with Gasteiger partial charge in [-0.15, -0.1) is 0 Å². The molecule has 3 amide bonds. The van der Waals surface area contributed by atoms with Crippen molar-refractivity contribution in [2.75, 3.05) is 6.54 Å². The van der Waals surface area contributed by atoms with Crippen LogP contribution in [0.25, 0.3) is 0 Å². The highest BCUT2D eigenvalue weighted by molar-refractivity contribution is 5.94. The van der Waals surface area contributed by atoms with Gasteiger partial charge in [-0.05, 0) is 43.6 Å². The molecule has 0 aromatic heterocycles. The van der Waals surface area contributed by atoms with Crippen molar-refractivity contribution in [2.45, 2.75) is 104 Å². The van der Waals surface area contributed by atoms with Crippen LogP contribution in [-0.2, 0) is 19.2 Å². The zero-order valence-corrected chi connectivity index (χ0v) is 21.7. The first-order chi connectivity index (χ1) is 15.9. The number of rotatable bonds is 17. The molecular formula is C24H47N5O5. The van der Waals surface area contributed by atoms with E-state index >= 15 is 0 Å². The van der Waals surface area contributed by atoms with Crippen molar-refractivity contribution in [1.82, 2.24) is 16.0 Å². The molecule has 6 unspecified atom stereocenters. The molecule has 10 nitrogen and oxygen atoms in total. The molecular weight excluding hydrogens is 438 g/mol. The second-order valence-electron chi connectivity index (χ2n) is 9.66. The molecule has 0 heterocycles. The Morgan fingerprint density at radius 3 is 1.79 bits per heavy atom. The van der Waals surface area contributed by atoms with Crippen LogP contribution in [0.1, 0.15) is 80.1 Å². The van der Waals surface area contributed by atoms with Crippen molar-refractivity contribution in [3.63, 3.8) is 0 Å². The Hall–Kier alpha value is -2.20. The summed E-state index contributed by atoms with van der Waals surface area (Å²) in [6.07, 6.45) is 3.47. The van der Waals surface area contributed by atoms with Gasteiger partial charge in [0.1, 0.15) is 18.1 Å². The predicted octanol–water partition coefficient (Wildman–Crippen LogP) is 1.12. The smallest absolute Gasteiger partial charge is 0.326 e. The highest BCUT2D eigenvalue weighted by Gasteiger charge is 2.34. The van der Waals surface area contributed by atoms with Gasteiger partial charge in [0.15, 0.2) is 0 Å². The third-order valence-electron chi connectivity index (χ3n) is 6.22. The standard InChI is InChI=1S/C24H47N5O5/c1-7-15(5)19(23(32)29-20(24(33)34)16(6)8-2)28-22(31)18(13-14(3)4)27-21(30)17(26)11-9-10-12-25/h14-20H,7-13,25-26H2,1-6H3,(H,27,30)(H,28,31)(H,29,32)(H,33,34). The Bertz CT molecular complexity index is 658. The fraction of sp³-hybridized carbons (Fsp3) is 0.833. The first kappa shape index (κ1) is 31.8. The summed E-state index contributed by atoms with van der Waals surface area (Å²) >= 11 is 0. The highest BCUT2D eigenvalue weighted by Crippen LogP contribution is 2.14. The Balaban J connectivity index is 5.52.